The first-order valence-electron chi connectivity index (χ1n) is 10.8. The number of benzene rings is 2. The van der Waals surface area contributed by atoms with E-state index in [0.29, 0.717) is 12.8 Å². The summed E-state index contributed by atoms with van der Waals surface area (Å²) in [5, 5.41) is 2.94. The zero-order valence-electron chi connectivity index (χ0n) is 18.3. The average Bonchev–Trinajstić information content (AvgIpc) is 2.80. The summed E-state index contributed by atoms with van der Waals surface area (Å²) in [6, 6.07) is 14.6. The molecule has 0 aromatic heterocycles. The van der Waals surface area contributed by atoms with Gasteiger partial charge in [-0.25, -0.2) is 13.1 Å². The van der Waals surface area contributed by atoms with Crippen LogP contribution in [-0.4, -0.2) is 63.9 Å². The molecule has 31 heavy (non-hydrogen) atoms. The molecule has 2 aromatic carbocycles. The molecule has 0 unspecified atom stereocenters. The van der Waals surface area contributed by atoms with E-state index in [1.807, 2.05) is 12.1 Å². The molecule has 1 aliphatic heterocycles. The molecule has 1 heterocycles. The normalized spacial score (nSPS) is 15.7. The van der Waals surface area contributed by atoms with Crippen LogP contribution >= 0.6 is 0 Å². The molecule has 1 saturated heterocycles. The number of nitrogens with one attached hydrogen (secondary N) is 2. The van der Waals surface area contributed by atoms with Crippen LogP contribution in [0.2, 0.25) is 0 Å². The molecule has 2 N–H and O–H groups in total. The van der Waals surface area contributed by atoms with Crippen LogP contribution in [0.1, 0.15) is 24.5 Å². The number of hydrogen-bond donors (Lipinski definition) is 2. The van der Waals surface area contributed by atoms with Gasteiger partial charge in [-0.05, 0) is 55.4 Å². The Balaban J connectivity index is 1.44. The highest BCUT2D eigenvalue weighted by Gasteiger charge is 2.15. The molecular formula is C23H32N4O3S. The number of rotatable bonds is 9. The van der Waals surface area contributed by atoms with E-state index in [0.717, 1.165) is 50.5 Å². The molecule has 0 atom stereocenters. The molecular weight excluding hydrogens is 412 g/mol. The van der Waals surface area contributed by atoms with E-state index in [1.54, 1.807) is 24.3 Å². The number of sulfonamides is 1. The van der Waals surface area contributed by atoms with E-state index >= 15 is 0 Å². The van der Waals surface area contributed by atoms with Crippen molar-refractivity contribution in [2.45, 2.75) is 31.2 Å². The SMILES string of the molecule is CCN1CCN(Cc2ccc(NC(=O)CCc3ccc(S(=O)(=O)NC)cc3)cc2)CC1. The Hall–Kier alpha value is -2.26. The van der Waals surface area contributed by atoms with Crippen LogP contribution < -0.4 is 10.0 Å². The number of amides is 1. The van der Waals surface area contributed by atoms with E-state index in [2.05, 4.69) is 38.9 Å². The third-order valence-electron chi connectivity index (χ3n) is 5.70. The number of aryl methyl sites for hydroxylation is 1. The number of likely N-dealkylation sites (N-methyl/N-ethyl adjacent to an activating group) is 1. The summed E-state index contributed by atoms with van der Waals surface area (Å²) in [6.45, 7) is 8.69. The second kappa shape index (κ2) is 10.9. The Morgan fingerprint density at radius 1 is 0.903 bits per heavy atom. The fourth-order valence-corrected chi connectivity index (χ4v) is 4.38. The highest BCUT2D eigenvalue weighted by Crippen LogP contribution is 2.15. The number of anilines is 1. The molecule has 0 aliphatic carbocycles. The predicted octanol–water partition coefficient (Wildman–Crippen LogP) is 2.30. The van der Waals surface area contributed by atoms with Gasteiger partial charge in [0.05, 0.1) is 4.90 Å². The molecule has 0 saturated carbocycles. The lowest BCUT2D eigenvalue weighted by Crippen LogP contribution is -2.45. The molecule has 8 heteroatoms. The summed E-state index contributed by atoms with van der Waals surface area (Å²) in [7, 11) is -2.06. The fourth-order valence-electron chi connectivity index (χ4n) is 3.65. The maximum atomic E-state index is 12.3. The van der Waals surface area contributed by atoms with Crippen molar-refractivity contribution in [1.29, 1.82) is 0 Å². The van der Waals surface area contributed by atoms with Crippen molar-refractivity contribution >= 4 is 21.6 Å². The lowest BCUT2D eigenvalue weighted by atomic mass is 10.1. The molecule has 1 fully saturated rings. The lowest BCUT2D eigenvalue weighted by molar-refractivity contribution is -0.116. The van der Waals surface area contributed by atoms with Gasteiger partial charge < -0.3 is 10.2 Å². The van der Waals surface area contributed by atoms with Crippen molar-refractivity contribution < 1.29 is 13.2 Å². The maximum absolute atomic E-state index is 12.3. The average molecular weight is 445 g/mol. The van der Waals surface area contributed by atoms with Crippen LogP contribution in [0.3, 0.4) is 0 Å². The van der Waals surface area contributed by atoms with Gasteiger partial charge in [0, 0.05) is 44.8 Å². The van der Waals surface area contributed by atoms with Crippen LogP contribution in [0.5, 0.6) is 0 Å². The quantitative estimate of drug-likeness (QED) is 0.620. The van der Waals surface area contributed by atoms with Crippen LogP contribution in [0.25, 0.3) is 0 Å². The second-order valence-corrected chi connectivity index (χ2v) is 9.69. The number of carbonyl (C=O) groups excluding carboxylic acids is 1. The predicted molar refractivity (Wildman–Crippen MR) is 123 cm³/mol. The van der Waals surface area contributed by atoms with Crippen molar-refractivity contribution in [2.75, 3.05) is 45.1 Å². The van der Waals surface area contributed by atoms with Crippen LogP contribution in [-0.2, 0) is 27.8 Å². The van der Waals surface area contributed by atoms with E-state index in [-0.39, 0.29) is 10.8 Å². The highest BCUT2D eigenvalue weighted by atomic mass is 32.2. The summed E-state index contributed by atoms with van der Waals surface area (Å²) >= 11 is 0. The maximum Gasteiger partial charge on any atom is 0.240 e. The van der Waals surface area contributed by atoms with Gasteiger partial charge in [-0.2, -0.15) is 0 Å². The minimum Gasteiger partial charge on any atom is -0.326 e. The number of hydrogen-bond acceptors (Lipinski definition) is 5. The number of nitrogens with zero attached hydrogens (tertiary/aromatic N) is 2. The highest BCUT2D eigenvalue weighted by molar-refractivity contribution is 7.89. The summed E-state index contributed by atoms with van der Waals surface area (Å²) in [5.41, 5.74) is 2.96. The molecule has 0 radical (unpaired) electrons. The molecule has 168 valence electrons. The van der Waals surface area contributed by atoms with Gasteiger partial charge in [0.1, 0.15) is 0 Å². The zero-order chi connectivity index (χ0) is 22.3. The van der Waals surface area contributed by atoms with Gasteiger partial charge >= 0.3 is 0 Å². The molecule has 7 nitrogen and oxygen atoms in total. The smallest absolute Gasteiger partial charge is 0.240 e. The van der Waals surface area contributed by atoms with E-state index in [1.165, 1.54) is 12.6 Å². The van der Waals surface area contributed by atoms with Crippen molar-refractivity contribution in [3.8, 4) is 0 Å². The Morgan fingerprint density at radius 2 is 1.48 bits per heavy atom. The Labute approximate surface area is 185 Å². The third kappa shape index (κ3) is 6.87. The first-order chi connectivity index (χ1) is 14.9. The van der Waals surface area contributed by atoms with Gasteiger partial charge in [-0.1, -0.05) is 31.2 Å². The minimum atomic E-state index is -3.44. The molecule has 0 bridgehead atoms. The topological polar surface area (TPSA) is 81.8 Å². The standard InChI is InChI=1S/C23H32N4O3S/c1-3-26-14-16-27(17-15-26)18-20-4-9-21(10-5-20)25-23(28)13-8-19-6-11-22(12-7-19)31(29,30)24-2/h4-7,9-12,24H,3,8,13-18H2,1-2H3,(H,25,28). The number of carbonyl (C=O) groups is 1. The largest absolute Gasteiger partial charge is 0.326 e. The summed E-state index contributed by atoms with van der Waals surface area (Å²) in [4.78, 5) is 17.4. The molecule has 1 aliphatic rings. The molecule has 1 amide bonds. The molecule has 0 spiro atoms. The monoisotopic (exact) mass is 444 g/mol. The molecule has 3 rings (SSSR count). The van der Waals surface area contributed by atoms with E-state index in [9.17, 15) is 13.2 Å². The molecule has 2 aromatic rings. The summed E-state index contributed by atoms with van der Waals surface area (Å²) in [6.07, 6.45) is 0.884. The summed E-state index contributed by atoms with van der Waals surface area (Å²) < 4.78 is 25.8. The minimum absolute atomic E-state index is 0.0599. The van der Waals surface area contributed by atoms with Gasteiger partial charge in [-0.15, -0.1) is 0 Å². The van der Waals surface area contributed by atoms with Crippen LogP contribution in [0.15, 0.2) is 53.4 Å². The zero-order valence-corrected chi connectivity index (χ0v) is 19.1. The Morgan fingerprint density at radius 3 is 2.06 bits per heavy atom. The van der Waals surface area contributed by atoms with Crippen LogP contribution in [0, 0.1) is 0 Å². The first kappa shape index (κ1) is 23.4. The summed E-state index contributed by atoms with van der Waals surface area (Å²) in [5.74, 6) is -0.0599. The van der Waals surface area contributed by atoms with E-state index < -0.39 is 10.0 Å². The van der Waals surface area contributed by atoms with E-state index in [4.69, 9.17) is 0 Å². The van der Waals surface area contributed by atoms with Gasteiger partial charge in [-0.3, -0.25) is 9.69 Å². The number of piperazine rings is 1. The second-order valence-electron chi connectivity index (χ2n) is 7.81. The van der Waals surface area contributed by atoms with Crippen molar-refractivity contribution in [3.05, 3.63) is 59.7 Å². The Bertz CT molecular complexity index is 951. The van der Waals surface area contributed by atoms with Gasteiger partial charge in [0.2, 0.25) is 15.9 Å². The lowest BCUT2D eigenvalue weighted by Gasteiger charge is -2.34. The van der Waals surface area contributed by atoms with Gasteiger partial charge in [0.15, 0.2) is 0 Å². The fraction of sp³-hybridized carbons (Fsp3) is 0.435. The third-order valence-corrected chi connectivity index (χ3v) is 7.13. The van der Waals surface area contributed by atoms with Crippen molar-refractivity contribution in [1.82, 2.24) is 14.5 Å². The Kier molecular flexibility index (Phi) is 8.20. The van der Waals surface area contributed by atoms with Crippen molar-refractivity contribution in [2.24, 2.45) is 0 Å². The van der Waals surface area contributed by atoms with Crippen LogP contribution in [0.4, 0.5) is 5.69 Å². The van der Waals surface area contributed by atoms with Crippen molar-refractivity contribution in [3.63, 3.8) is 0 Å². The van der Waals surface area contributed by atoms with Gasteiger partial charge in [0.25, 0.3) is 0 Å². The first-order valence-corrected chi connectivity index (χ1v) is 12.2.